The van der Waals surface area contributed by atoms with Crippen LogP contribution >= 0.6 is 11.3 Å². The molecule has 7 nitrogen and oxygen atoms in total. The minimum Gasteiger partial charge on any atom is -0.436 e. The Kier molecular flexibility index (Phi) is 4.43. The minimum atomic E-state index is -0.372. The molecule has 6 rings (SSSR count). The van der Waals surface area contributed by atoms with Crippen LogP contribution in [0.15, 0.2) is 83.0 Å². The molecule has 8 heteroatoms. The smallest absolute Gasteiger partial charge is 0.258 e. The Labute approximate surface area is 187 Å². The zero-order chi connectivity index (χ0) is 21.5. The molecule has 0 radical (unpaired) electrons. The highest BCUT2D eigenvalue weighted by Crippen LogP contribution is 2.35. The van der Waals surface area contributed by atoms with Gasteiger partial charge in [-0.15, -0.1) is 11.3 Å². The van der Waals surface area contributed by atoms with Gasteiger partial charge < -0.3 is 14.6 Å². The maximum absolute atomic E-state index is 13.1. The summed E-state index contributed by atoms with van der Waals surface area (Å²) in [7, 11) is 0. The molecule has 5 heterocycles. The van der Waals surface area contributed by atoms with Crippen LogP contribution in [0.4, 0.5) is 5.69 Å². The molecule has 1 N–H and O–H groups in total. The minimum absolute atomic E-state index is 0.0274. The molecular weight excluding hydrogens is 422 g/mol. The van der Waals surface area contributed by atoms with Gasteiger partial charge in [-0.3, -0.25) is 14.8 Å². The molecule has 0 unspecified atom stereocenters. The normalized spacial score (nSPS) is 15.3. The van der Waals surface area contributed by atoms with Gasteiger partial charge in [0.1, 0.15) is 11.7 Å². The number of aromatic nitrogens is 3. The van der Waals surface area contributed by atoms with E-state index in [1.807, 2.05) is 58.8 Å². The third kappa shape index (κ3) is 3.21. The van der Waals surface area contributed by atoms with Crippen LogP contribution in [-0.4, -0.2) is 25.8 Å². The lowest BCUT2D eigenvalue weighted by atomic mass is 10.2. The fourth-order valence-electron chi connectivity index (χ4n) is 3.90. The van der Waals surface area contributed by atoms with E-state index in [9.17, 15) is 4.79 Å². The molecule has 0 spiro atoms. The molecule has 156 valence electrons. The lowest BCUT2D eigenvalue weighted by molar-refractivity contribution is 0.0729. The fourth-order valence-corrected chi connectivity index (χ4v) is 4.61. The van der Waals surface area contributed by atoms with Gasteiger partial charge in [-0.05, 0) is 53.9 Å². The van der Waals surface area contributed by atoms with E-state index in [0.717, 1.165) is 27.3 Å². The van der Waals surface area contributed by atoms with Crippen molar-refractivity contribution in [1.29, 1.82) is 0 Å². The molecule has 5 aromatic rings. The van der Waals surface area contributed by atoms with Crippen molar-refractivity contribution in [2.45, 2.75) is 12.7 Å². The largest absolute Gasteiger partial charge is 0.436 e. The van der Waals surface area contributed by atoms with Gasteiger partial charge in [0.2, 0.25) is 5.89 Å². The molecule has 32 heavy (non-hydrogen) atoms. The number of oxazole rings is 1. The van der Waals surface area contributed by atoms with Crippen molar-refractivity contribution in [1.82, 2.24) is 19.9 Å². The van der Waals surface area contributed by atoms with Gasteiger partial charge in [0, 0.05) is 29.2 Å². The van der Waals surface area contributed by atoms with Crippen molar-refractivity contribution in [2.24, 2.45) is 0 Å². The second-order valence-corrected chi connectivity index (χ2v) is 8.47. The first-order valence-corrected chi connectivity index (χ1v) is 11.0. The van der Waals surface area contributed by atoms with Crippen LogP contribution < -0.4 is 5.32 Å². The third-order valence-corrected chi connectivity index (χ3v) is 6.27. The van der Waals surface area contributed by atoms with Gasteiger partial charge in [0.05, 0.1) is 23.4 Å². The summed E-state index contributed by atoms with van der Waals surface area (Å²) in [6.07, 6.45) is 4.78. The van der Waals surface area contributed by atoms with Crippen molar-refractivity contribution >= 4 is 34.0 Å². The second-order valence-electron chi connectivity index (χ2n) is 7.44. The Hall–Kier alpha value is -4.04. The summed E-state index contributed by atoms with van der Waals surface area (Å²) in [5.74, 6) is 0.494. The number of thiophene rings is 1. The number of rotatable bonds is 5. The van der Waals surface area contributed by atoms with E-state index in [1.54, 1.807) is 36.0 Å². The number of carbonyl (C=O) groups is 1. The second kappa shape index (κ2) is 7.58. The zero-order valence-corrected chi connectivity index (χ0v) is 17.6. The highest BCUT2D eigenvalue weighted by Gasteiger charge is 2.38. The van der Waals surface area contributed by atoms with E-state index >= 15 is 0 Å². The van der Waals surface area contributed by atoms with E-state index < -0.39 is 0 Å². The monoisotopic (exact) mass is 439 g/mol. The van der Waals surface area contributed by atoms with E-state index in [4.69, 9.17) is 4.42 Å². The summed E-state index contributed by atoms with van der Waals surface area (Å²) >= 11 is 1.63. The number of nitrogens with zero attached hydrogens (tertiary/aromatic N) is 4. The van der Waals surface area contributed by atoms with Gasteiger partial charge in [0.15, 0.2) is 5.58 Å². The molecule has 0 aliphatic carbocycles. The average Bonchev–Trinajstić information content (AvgIpc) is 3.55. The van der Waals surface area contributed by atoms with Gasteiger partial charge in [-0.25, -0.2) is 4.98 Å². The molecule has 1 aromatic carbocycles. The number of nitrogens with one attached hydrogen (secondary N) is 1. The number of benzene rings is 1. The molecule has 1 aliphatic heterocycles. The first-order chi connectivity index (χ1) is 15.8. The average molecular weight is 440 g/mol. The Bertz CT molecular complexity index is 1420. The number of hydrogen-bond acceptors (Lipinski definition) is 7. The number of pyridine rings is 2. The molecule has 1 amide bonds. The number of anilines is 1. The van der Waals surface area contributed by atoms with Crippen LogP contribution in [-0.2, 0) is 6.54 Å². The molecule has 0 saturated carbocycles. The number of carbonyl (C=O) groups excluding carboxylic acids is 1. The van der Waals surface area contributed by atoms with Crippen LogP contribution in [0.5, 0.6) is 0 Å². The maximum Gasteiger partial charge on any atom is 0.258 e. The van der Waals surface area contributed by atoms with Crippen LogP contribution in [0, 0.1) is 0 Å². The molecule has 1 atom stereocenters. The van der Waals surface area contributed by atoms with Crippen molar-refractivity contribution in [3.63, 3.8) is 0 Å². The maximum atomic E-state index is 13.1. The lowest BCUT2D eigenvalue weighted by Crippen LogP contribution is -2.31. The van der Waals surface area contributed by atoms with Crippen molar-refractivity contribution < 1.29 is 9.21 Å². The summed E-state index contributed by atoms with van der Waals surface area (Å²) < 4.78 is 5.89. The van der Waals surface area contributed by atoms with E-state index in [2.05, 4.69) is 20.3 Å². The molecular formula is C24H17N5O2S. The highest BCUT2D eigenvalue weighted by molar-refractivity contribution is 7.09. The first kappa shape index (κ1) is 18.7. The predicted octanol–water partition coefficient (Wildman–Crippen LogP) is 5.11. The lowest BCUT2D eigenvalue weighted by Gasteiger charge is -2.26. The molecule has 0 bridgehead atoms. The van der Waals surface area contributed by atoms with Crippen molar-refractivity contribution in [2.75, 3.05) is 5.32 Å². The standard InChI is InChI=1S/C24H17N5O2S/c30-24-18-6-2-10-26-21(18)22(29(24)14-17-5-3-11-32-17)27-16-7-8-20-19(12-16)28-23(31-20)15-4-1-9-25-13-15/h1-13,22,27H,14H2/t22-/m1/s1. The van der Waals surface area contributed by atoms with E-state index in [1.165, 1.54) is 0 Å². The Balaban J connectivity index is 1.34. The Morgan fingerprint density at radius 3 is 2.88 bits per heavy atom. The molecule has 0 saturated heterocycles. The van der Waals surface area contributed by atoms with Gasteiger partial charge >= 0.3 is 0 Å². The highest BCUT2D eigenvalue weighted by atomic mass is 32.1. The van der Waals surface area contributed by atoms with Crippen LogP contribution in [0.1, 0.15) is 27.1 Å². The van der Waals surface area contributed by atoms with Crippen molar-refractivity contribution in [3.8, 4) is 11.5 Å². The fraction of sp³-hybridized carbons (Fsp3) is 0.0833. The molecule has 4 aromatic heterocycles. The topological polar surface area (TPSA) is 84.2 Å². The van der Waals surface area contributed by atoms with Crippen LogP contribution in [0.3, 0.4) is 0 Å². The first-order valence-electron chi connectivity index (χ1n) is 10.1. The molecule has 0 fully saturated rings. The summed E-state index contributed by atoms with van der Waals surface area (Å²) in [5, 5.41) is 5.50. The predicted molar refractivity (Wildman–Crippen MR) is 122 cm³/mol. The third-order valence-electron chi connectivity index (χ3n) is 5.41. The van der Waals surface area contributed by atoms with Gasteiger partial charge in [0.25, 0.3) is 5.91 Å². The Morgan fingerprint density at radius 2 is 2.03 bits per heavy atom. The summed E-state index contributed by atoms with van der Waals surface area (Å²) in [5.41, 5.74) is 4.42. The van der Waals surface area contributed by atoms with E-state index in [0.29, 0.717) is 23.6 Å². The molecule has 1 aliphatic rings. The van der Waals surface area contributed by atoms with E-state index in [-0.39, 0.29) is 12.1 Å². The zero-order valence-electron chi connectivity index (χ0n) is 16.8. The summed E-state index contributed by atoms with van der Waals surface area (Å²) in [4.78, 5) is 29.3. The van der Waals surface area contributed by atoms with Gasteiger partial charge in [-0.1, -0.05) is 6.07 Å². The summed E-state index contributed by atoms with van der Waals surface area (Å²) in [6, 6.07) is 17.1. The SMILES string of the molecule is O=C1c2cccnc2[C@H](Nc2ccc3oc(-c4cccnc4)nc3c2)N1Cc1cccs1. The Morgan fingerprint density at radius 1 is 1.09 bits per heavy atom. The van der Waals surface area contributed by atoms with Crippen molar-refractivity contribution in [3.05, 3.63) is 94.7 Å². The number of fused-ring (bicyclic) bond motifs is 2. The van der Waals surface area contributed by atoms with Crippen LogP contribution in [0.25, 0.3) is 22.6 Å². The van der Waals surface area contributed by atoms with Crippen LogP contribution in [0.2, 0.25) is 0 Å². The number of hydrogen-bond donors (Lipinski definition) is 1. The summed E-state index contributed by atoms with van der Waals surface area (Å²) in [6.45, 7) is 0.516. The quantitative estimate of drug-likeness (QED) is 0.410. The number of amides is 1. The van der Waals surface area contributed by atoms with Gasteiger partial charge in [-0.2, -0.15) is 0 Å².